The molecule has 6 heteroatoms. The number of carbonyl (C=O) groups excluding carboxylic acids is 1. The van der Waals surface area contributed by atoms with Crippen LogP contribution in [0.2, 0.25) is 0 Å². The Morgan fingerprint density at radius 1 is 1.07 bits per heavy atom. The number of carbonyl (C=O) groups is 1. The van der Waals surface area contributed by atoms with Gasteiger partial charge >= 0.3 is 0 Å². The Labute approximate surface area is 155 Å². The van der Waals surface area contributed by atoms with E-state index in [2.05, 4.69) is 12.1 Å². The second kappa shape index (κ2) is 5.96. The van der Waals surface area contributed by atoms with Crippen molar-refractivity contribution in [2.75, 3.05) is 0 Å². The zero-order valence-corrected chi connectivity index (χ0v) is 14.2. The van der Waals surface area contributed by atoms with Gasteiger partial charge in [-0.25, -0.2) is 4.39 Å². The van der Waals surface area contributed by atoms with Crippen LogP contribution in [0.4, 0.5) is 4.39 Å². The van der Waals surface area contributed by atoms with Crippen molar-refractivity contribution in [2.45, 2.75) is 18.0 Å². The quantitative estimate of drug-likeness (QED) is 0.893. The molecule has 27 heavy (non-hydrogen) atoms. The summed E-state index contributed by atoms with van der Waals surface area (Å²) in [5.41, 5.74) is 5.74. The number of hydrogen-bond acceptors (Lipinski definition) is 4. The second-order valence-electron chi connectivity index (χ2n) is 6.73. The van der Waals surface area contributed by atoms with Gasteiger partial charge in [-0.1, -0.05) is 42.5 Å². The monoisotopic (exact) mass is 358 g/mol. The minimum absolute atomic E-state index is 0.143. The predicted molar refractivity (Wildman–Crippen MR) is 95.8 cm³/mol. The lowest BCUT2D eigenvalue weighted by Crippen LogP contribution is -2.42. The molecule has 1 saturated heterocycles. The smallest absolute Gasteiger partial charge is 0.240 e. The molecule has 0 saturated carbocycles. The van der Waals surface area contributed by atoms with Crippen LogP contribution in [0.5, 0.6) is 0 Å². The highest BCUT2D eigenvalue weighted by Crippen LogP contribution is 2.59. The highest BCUT2D eigenvalue weighted by atomic mass is 19.1. The maximum Gasteiger partial charge on any atom is 0.240 e. The van der Waals surface area contributed by atoms with E-state index in [9.17, 15) is 19.7 Å². The van der Waals surface area contributed by atoms with Crippen molar-refractivity contribution in [1.82, 2.24) is 4.90 Å². The van der Waals surface area contributed by atoms with Crippen molar-refractivity contribution >= 4 is 12.0 Å². The molecule has 0 unspecified atom stereocenters. The van der Waals surface area contributed by atoms with Crippen LogP contribution in [-0.4, -0.2) is 16.8 Å². The van der Waals surface area contributed by atoms with Crippen LogP contribution in [-0.2, 0) is 4.79 Å². The van der Waals surface area contributed by atoms with Gasteiger partial charge in [-0.15, -0.1) is 0 Å². The minimum Gasteiger partial charge on any atom is -0.368 e. The number of nitrogens with two attached hydrogens (primary N) is 1. The first-order valence-electron chi connectivity index (χ1n) is 8.46. The third-order valence-electron chi connectivity index (χ3n) is 5.48. The maximum atomic E-state index is 14.7. The molecule has 2 aliphatic rings. The third kappa shape index (κ3) is 2.17. The number of nitrogens with zero attached hydrogens (tertiary/aromatic N) is 3. The molecule has 2 heterocycles. The number of amides is 1. The average molecular weight is 358 g/mol. The summed E-state index contributed by atoms with van der Waals surface area (Å²) < 4.78 is 14.7. The Morgan fingerprint density at radius 3 is 2.33 bits per heavy atom. The van der Waals surface area contributed by atoms with Crippen molar-refractivity contribution in [3.8, 4) is 12.1 Å². The van der Waals surface area contributed by atoms with Gasteiger partial charge in [0, 0.05) is 6.20 Å². The summed E-state index contributed by atoms with van der Waals surface area (Å²) in [4.78, 5) is 14.0. The first-order valence-corrected chi connectivity index (χ1v) is 8.46. The van der Waals surface area contributed by atoms with E-state index < -0.39 is 35.1 Å². The molecule has 0 aliphatic carbocycles. The molecular weight excluding hydrogens is 343 g/mol. The van der Waals surface area contributed by atoms with Gasteiger partial charge in [0.1, 0.15) is 11.9 Å². The van der Waals surface area contributed by atoms with Crippen molar-refractivity contribution in [3.63, 3.8) is 0 Å². The molecule has 2 aromatic rings. The summed E-state index contributed by atoms with van der Waals surface area (Å²) in [6.45, 7) is 0. The largest absolute Gasteiger partial charge is 0.368 e. The molecule has 0 spiro atoms. The Balaban J connectivity index is 2.04. The maximum absolute atomic E-state index is 14.7. The van der Waals surface area contributed by atoms with Gasteiger partial charge in [-0.05, 0) is 28.8 Å². The molecule has 5 nitrogen and oxygen atoms in total. The van der Waals surface area contributed by atoms with Gasteiger partial charge in [0.15, 0.2) is 5.41 Å². The molecule has 1 amide bonds. The van der Waals surface area contributed by atoms with Crippen molar-refractivity contribution in [3.05, 3.63) is 77.2 Å². The Kier molecular flexibility index (Phi) is 3.71. The zero-order chi connectivity index (χ0) is 19.2. The number of rotatable bonds is 2. The molecule has 3 atom stereocenters. The molecule has 132 valence electrons. The van der Waals surface area contributed by atoms with E-state index in [1.807, 2.05) is 30.3 Å². The normalized spacial score (nSPS) is 24.4. The van der Waals surface area contributed by atoms with Gasteiger partial charge in [0.2, 0.25) is 5.91 Å². The number of benzene rings is 2. The van der Waals surface area contributed by atoms with Crippen molar-refractivity contribution in [1.29, 1.82) is 10.5 Å². The second-order valence-corrected chi connectivity index (χ2v) is 6.73. The average Bonchev–Trinajstić information content (AvgIpc) is 2.99. The summed E-state index contributed by atoms with van der Waals surface area (Å²) in [7, 11) is 0. The number of fused-ring (bicyclic) bond motifs is 3. The Hall–Kier alpha value is -3.64. The highest BCUT2D eigenvalue weighted by Gasteiger charge is 2.64. The minimum atomic E-state index is -1.68. The lowest BCUT2D eigenvalue weighted by atomic mass is 9.68. The van der Waals surface area contributed by atoms with Gasteiger partial charge in [0.05, 0.1) is 24.1 Å². The van der Waals surface area contributed by atoms with E-state index in [0.717, 1.165) is 11.1 Å². The van der Waals surface area contributed by atoms with E-state index >= 15 is 0 Å². The first kappa shape index (κ1) is 16.8. The lowest BCUT2D eigenvalue weighted by Gasteiger charge is -2.34. The van der Waals surface area contributed by atoms with Crippen LogP contribution in [0.3, 0.4) is 0 Å². The molecule has 2 aromatic carbocycles. The zero-order valence-electron chi connectivity index (χ0n) is 14.2. The van der Waals surface area contributed by atoms with Gasteiger partial charge in [-0.3, -0.25) is 4.79 Å². The predicted octanol–water partition coefficient (Wildman–Crippen LogP) is 2.84. The fourth-order valence-electron chi connectivity index (χ4n) is 4.39. The molecule has 0 aromatic heterocycles. The topological polar surface area (TPSA) is 93.9 Å². The highest BCUT2D eigenvalue weighted by molar-refractivity contribution is 5.83. The SMILES string of the molecule is N#CC1(C#N)[C@@H]2c3ccccc3C=CN2[C@@H](C(N)=O)[C@@H]1c1ccccc1F. The fourth-order valence-corrected chi connectivity index (χ4v) is 4.39. The Morgan fingerprint density at radius 2 is 1.70 bits per heavy atom. The lowest BCUT2D eigenvalue weighted by molar-refractivity contribution is -0.122. The number of hydrogen-bond donors (Lipinski definition) is 1. The van der Waals surface area contributed by atoms with Crippen LogP contribution in [0, 0.1) is 33.9 Å². The number of halogens is 1. The van der Waals surface area contributed by atoms with E-state index in [4.69, 9.17) is 5.73 Å². The summed E-state index contributed by atoms with van der Waals surface area (Å²) in [5, 5.41) is 20.2. The van der Waals surface area contributed by atoms with Crippen LogP contribution in [0.25, 0.3) is 6.08 Å². The van der Waals surface area contributed by atoms with Crippen molar-refractivity contribution in [2.24, 2.45) is 11.1 Å². The fraction of sp³-hybridized carbons (Fsp3) is 0.190. The van der Waals surface area contributed by atoms with E-state index in [1.54, 1.807) is 17.2 Å². The molecular formula is C21H15FN4O. The van der Waals surface area contributed by atoms with Gasteiger partial charge in [0.25, 0.3) is 0 Å². The number of primary amides is 1. The summed E-state index contributed by atoms with van der Waals surface area (Å²) in [6, 6.07) is 15.8. The van der Waals surface area contributed by atoms with Crippen LogP contribution in [0.1, 0.15) is 28.7 Å². The van der Waals surface area contributed by atoms with E-state index in [1.165, 1.54) is 18.2 Å². The molecule has 4 rings (SSSR count). The van der Waals surface area contributed by atoms with Crippen LogP contribution < -0.4 is 5.73 Å². The van der Waals surface area contributed by atoms with Crippen molar-refractivity contribution < 1.29 is 9.18 Å². The summed E-state index contributed by atoms with van der Waals surface area (Å²) in [6.07, 6.45) is 3.48. The van der Waals surface area contributed by atoms with E-state index in [0.29, 0.717) is 0 Å². The van der Waals surface area contributed by atoms with Gasteiger partial charge in [-0.2, -0.15) is 10.5 Å². The van der Waals surface area contributed by atoms with Crippen LogP contribution in [0.15, 0.2) is 54.7 Å². The number of nitriles is 2. The summed E-state index contributed by atoms with van der Waals surface area (Å²) in [5.74, 6) is -2.29. The molecule has 2 aliphatic heterocycles. The first-order chi connectivity index (χ1) is 13.0. The molecule has 0 bridgehead atoms. The standard InChI is InChI=1S/C21H15FN4O/c22-16-8-4-3-7-15(16)17-18(20(25)27)26-10-9-13-5-1-2-6-14(13)19(26)21(17,11-23)12-24/h1-10,17-19H,(H2,25,27)/t17-,18+,19-/m0/s1. The third-order valence-corrected chi connectivity index (χ3v) is 5.48. The van der Waals surface area contributed by atoms with Crippen LogP contribution >= 0.6 is 0 Å². The molecule has 0 radical (unpaired) electrons. The summed E-state index contributed by atoms with van der Waals surface area (Å²) >= 11 is 0. The molecule has 2 N–H and O–H groups in total. The van der Waals surface area contributed by atoms with E-state index in [-0.39, 0.29) is 5.56 Å². The Bertz CT molecular complexity index is 1030. The van der Waals surface area contributed by atoms with Gasteiger partial charge < -0.3 is 10.6 Å². The molecule has 1 fully saturated rings.